The van der Waals surface area contributed by atoms with Gasteiger partial charge in [-0.1, -0.05) is 41.9 Å². The summed E-state index contributed by atoms with van der Waals surface area (Å²) in [5, 5.41) is 5.56. The van der Waals surface area contributed by atoms with Crippen molar-refractivity contribution in [2.75, 3.05) is 32.1 Å². The number of anilines is 1. The standard InChI is InChI=1S/C26H24ClF2N5O/c1-30-24-18-12-31-22(17-7-2-5-15-6-3-8-19(27)20(15)17)21(29)23(18)32-25(33-24)35-14-26-9-4-10-34(26)13-16(28)11-26/h2-3,5-8,12,16H,4,9-11,13-14H2,1H3,(H,30,32,33)/t16-,26+/m1/s1. The third-order valence-electron chi connectivity index (χ3n) is 7.24. The fourth-order valence-corrected chi connectivity index (χ4v) is 5.90. The monoisotopic (exact) mass is 495 g/mol. The lowest BCUT2D eigenvalue weighted by Gasteiger charge is -2.30. The number of pyridine rings is 1. The Kier molecular flexibility index (Phi) is 5.45. The van der Waals surface area contributed by atoms with Gasteiger partial charge in [-0.3, -0.25) is 9.88 Å². The molecule has 2 aromatic heterocycles. The summed E-state index contributed by atoms with van der Waals surface area (Å²) in [4.78, 5) is 15.4. The maximum Gasteiger partial charge on any atom is 0.319 e. The molecule has 2 aliphatic rings. The minimum atomic E-state index is -0.858. The van der Waals surface area contributed by atoms with Gasteiger partial charge < -0.3 is 10.1 Å². The van der Waals surface area contributed by atoms with Crippen molar-refractivity contribution in [1.29, 1.82) is 0 Å². The largest absolute Gasteiger partial charge is 0.461 e. The third-order valence-corrected chi connectivity index (χ3v) is 7.56. The number of aromatic nitrogens is 3. The quantitative estimate of drug-likeness (QED) is 0.387. The molecule has 0 radical (unpaired) electrons. The average molecular weight is 496 g/mol. The average Bonchev–Trinajstić information content (AvgIpc) is 3.38. The van der Waals surface area contributed by atoms with Gasteiger partial charge >= 0.3 is 6.01 Å². The van der Waals surface area contributed by atoms with Gasteiger partial charge in [0.05, 0.1) is 10.9 Å². The first-order valence-corrected chi connectivity index (χ1v) is 12.1. The summed E-state index contributed by atoms with van der Waals surface area (Å²) in [5.74, 6) is -0.168. The van der Waals surface area contributed by atoms with Gasteiger partial charge in [-0.15, -0.1) is 0 Å². The van der Waals surface area contributed by atoms with Crippen LogP contribution in [0.15, 0.2) is 42.6 Å². The molecule has 35 heavy (non-hydrogen) atoms. The van der Waals surface area contributed by atoms with Crippen LogP contribution in [0.2, 0.25) is 5.02 Å². The minimum Gasteiger partial charge on any atom is -0.461 e. The second kappa shape index (κ2) is 8.53. The molecule has 4 heterocycles. The Bertz CT molecular complexity index is 1450. The van der Waals surface area contributed by atoms with Gasteiger partial charge in [0.25, 0.3) is 0 Å². The number of benzene rings is 2. The van der Waals surface area contributed by atoms with E-state index < -0.39 is 12.0 Å². The van der Waals surface area contributed by atoms with Crippen LogP contribution in [0, 0.1) is 5.82 Å². The van der Waals surface area contributed by atoms with E-state index in [9.17, 15) is 4.39 Å². The Morgan fingerprint density at radius 1 is 1.23 bits per heavy atom. The summed E-state index contributed by atoms with van der Waals surface area (Å²) >= 11 is 6.48. The van der Waals surface area contributed by atoms with Gasteiger partial charge in [0.15, 0.2) is 5.82 Å². The second-order valence-electron chi connectivity index (χ2n) is 9.30. The van der Waals surface area contributed by atoms with Crippen LogP contribution in [0.5, 0.6) is 6.01 Å². The van der Waals surface area contributed by atoms with Crippen LogP contribution in [0.25, 0.3) is 32.9 Å². The highest BCUT2D eigenvalue weighted by molar-refractivity contribution is 6.36. The molecular weight excluding hydrogens is 472 g/mol. The molecule has 6 rings (SSSR count). The molecule has 4 aromatic rings. The van der Waals surface area contributed by atoms with Crippen LogP contribution < -0.4 is 10.1 Å². The van der Waals surface area contributed by atoms with Crippen molar-refractivity contribution >= 4 is 39.1 Å². The SMILES string of the molecule is CNc1nc(OC[C@@]23CCCN2C[C@H](F)C3)nc2c(F)c(-c3cccc4cccc(Cl)c34)ncc12. The highest BCUT2D eigenvalue weighted by Gasteiger charge is 2.49. The lowest BCUT2D eigenvalue weighted by Crippen LogP contribution is -2.43. The molecule has 180 valence electrons. The molecule has 0 saturated carbocycles. The Balaban J connectivity index is 1.43. The molecule has 2 atom stereocenters. The van der Waals surface area contributed by atoms with Gasteiger partial charge in [0.2, 0.25) is 0 Å². The van der Waals surface area contributed by atoms with Crippen molar-refractivity contribution < 1.29 is 13.5 Å². The van der Waals surface area contributed by atoms with Crippen LogP contribution in [0.1, 0.15) is 19.3 Å². The van der Waals surface area contributed by atoms with Crippen LogP contribution in [0.3, 0.4) is 0 Å². The Morgan fingerprint density at radius 2 is 2.06 bits per heavy atom. The van der Waals surface area contributed by atoms with E-state index in [0.29, 0.717) is 34.8 Å². The van der Waals surface area contributed by atoms with E-state index in [1.165, 1.54) is 0 Å². The fraction of sp³-hybridized carbons (Fsp3) is 0.346. The third kappa shape index (κ3) is 3.67. The molecule has 0 unspecified atom stereocenters. The smallest absolute Gasteiger partial charge is 0.319 e. The van der Waals surface area contributed by atoms with Crippen molar-refractivity contribution in [2.24, 2.45) is 0 Å². The van der Waals surface area contributed by atoms with Crippen LogP contribution in [-0.2, 0) is 0 Å². The minimum absolute atomic E-state index is 0.0531. The molecule has 9 heteroatoms. The van der Waals surface area contributed by atoms with Crippen molar-refractivity contribution in [3.05, 3.63) is 53.4 Å². The predicted octanol–water partition coefficient (Wildman–Crippen LogP) is 5.63. The molecule has 6 nitrogen and oxygen atoms in total. The molecule has 2 saturated heterocycles. The first-order valence-electron chi connectivity index (χ1n) is 11.7. The number of hydrogen-bond acceptors (Lipinski definition) is 6. The lowest BCUT2D eigenvalue weighted by molar-refractivity contribution is 0.107. The fourth-order valence-electron chi connectivity index (χ4n) is 5.62. The molecule has 0 spiro atoms. The van der Waals surface area contributed by atoms with Gasteiger partial charge in [0, 0.05) is 42.2 Å². The zero-order valence-corrected chi connectivity index (χ0v) is 19.9. The van der Waals surface area contributed by atoms with Crippen molar-refractivity contribution in [1.82, 2.24) is 19.9 Å². The number of ether oxygens (including phenoxy) is 1. The summed E-state index contributed by atoms with van der Waals surface area (Å²) in [5.41, 5.74) is 0.489. The van der Waals surface area contributed by atoms with E-state index in [1.54, 1.807) is 25.4 Å². The number of nitrogens with one attached hydrogen (secondary N) is 1. The van der Waals surface area contributed by atoms with E-state index in [0.717, 1.165) is 30.2 Å². The molecule has 1 N–H and O–H groups in total. The lowest BCUT2D eigenvalue weighted by atomic mass is 9.95. The topological polar surface area (TPSA) is 63.2 Å². The van der Waals surface area contributed by atoms with E-state index in [4.69, 9.17) is 16.3 Å². The maximum absolute atomic E-state index is 16.0. The molecule has 0 amide bonds. The Labute approximate surface area is 206 Å². The number of rotatable bonds is 5. The number of alkyl halides is 1. The highest BCUT2D eigenvalue weighted by atomic mass is 35.5. The number of halogens is 3. The molecule has 0 aliphatic carbocycles. The summed E-state index contributed by atoms with van der Waals surface area (Å²) in [7, 11) is 1.70. The normalized spacial score (nSPS) is 22.1. The van der Waals surface area contributed by atoms with Crippen molar-refractivity contribution in [3.63, 3.8) is 0 Å². The van der Waals surface area contributed by atoms with Crippen molar-refractivity contribution in [2.45, 2.75) is 31.0 Å². The summed E-state index contributed by atoms with van der Waals surface area (Å²) in [6.45, 7) is 1.56. The van der Waals surface area contributed by atoms with Crippen LogP contribution >= 0.6 is 11.6 Å². The highest BCUT2D eigenvalue weighted by Crippen LogP contribution is 2.41. The molecule has 2 fully saturated rings. The van der Waals surface area contributed by atoms with E-state index in [2.05, 4.69) is 25.2 Å². The molecule has 0 bridgehead atoms. The zero-order chi connectivity index (χ0) is 24.2. The predicted molar refractivity (Wildman–Crippen MR) is 133 cm³/mol. The zero-order valence-electron chi connectivity index (χ0n) is 19.2. The first kappa shape index (κ1) is 22.4. The molecular formula is C26H24ClF2N5O. The molecule has 2 aliphatic heterocycles. The summed E-state index contributed by atoms with van der Waals surface area (Å²) in [6, 6.07) is 11.2. The van der Waals surface area contributed by atoms with Gasteiger partial charge in [-0.05, 0) is 30.8 Å². The van der Waals surface area contributed by atoms with E-state index in [-0.39, 0.29) is 29.4 Å². The molecule has 2 aromatic carbocycles. The van der Waals surface area contributed by atoms with E-state index in [1.807, 2.05) is 24.3 Å². The van der Waals surface area contributed by atoms with Crippen molar-refractivity contribution in [3.8, 4) is 17.3 Å². The number of hydrogen-bond donors (Lipinski definition) is 1. The maximum atomic E-state index is 16.0. The summed E-state index contributed by atoms with van der Waals surface area (Å²) in [6.07, 6.45) is 3.01. The Hall–Kier alpha value is -3.10. The van der Waals surface area contributed by atoms with E-state index >= 15 is 4.39 Å². The van der Waals surface area contributed by atoms with Crippen LogP contribution in [0.4, 0.5) is 14.6 Å². The van der Waals surface area contributed by atoms with Crippen LogP contribution in [-0.4, -0.2) is 58.3 Å². The van der Waals surface area contributed by atoms with Gasteiger partial charge in [-0.2, -0.15) is 9.97 Å². The van der Waals surface area contributed by atoms with Gasteiger partial charge in [0.1, 0.15) is 29.8 Å². The second-order valence-corrected chi connectivity index (χ2v) is 9.70. The number of fused-ring (bicyclic) bond motifs is 3. The van der Waals surface area contributed by atoms with Gasteiger partial charge in [-0.25, -0.2) is 8.78 Å². The summed E-state index contributed by atoms with van der Waals surface area (Å²) < 4.78 is 36.1. The first-order chi connectivity index (χ1) is 17.0. The number of nitrogens with zero attached hydrogens (tertiary/aromatic N) is 4. The Morgan fingerprint density at radius 3 is 2.89 bits per heavy atom.